The molecule has 0 aromatic heterocycles. The van der Waals surface area contributed by atoms with Crippen molar-refractivity contribution < 1.29 is 24.2 Å². The fraction of sp³-hybridized carbons (Fsp3) is 0.833. The van der Waals surface area contributed by atoms with E-state index in [-0.39, 0.29) is 29.1 Å². The van der Waals surface area contributed by atoms with Crippen LogP contribution in [0.2, 0.25) is 0 Å². The summed E-state index contributed by atoms with van der Waals surface area (Å²) >= 11 is 0. The van der Waals surface area contributed by atoms with Crippen molar-refractivity contribution in [3.05, 3.63) is 0 Å². The number of carbonyl (C=O) groups excluding carboxylic acids is 2. The van der Waals surface area contributed by atoms with E-state index < -0.39 is 24.2 Å². The molecule has 25 heavy (non-hydrogen) atoms. The number of hydrogen-bond acceptors (Lipinski definition) is 4. The normalized spacial score (nSPS) is 31.8. The first-order valence-corrected chi connectivity index (χ1v) is 9.05. The third-order valence-electron chi connectivity index (χ3n) is 6.35. The minimum absolute atomic E-state index is 0.00382. The third-order valence-corrected chi connectivity index (χ3v) is 6.35. The fourth-order valence-corrected chi connectivity index (χ4v) is 4.30. The van der Waals surface area contributed by atoms with Crippen molar-refractivity contribution in [2.24, 2.45) is 23.2 Å². The topological polar surface area (TPSA) is 95.9 Å². The van der Waals surface area contributed by atoms with Gasteiger partial charge in [0.1, 0.15) is 18.2 Å². The van der Waals surface area contributed by atoms with Gasteiger partial charge in [0.15, 0.2) is 0 Å². The Kier molecular flexibility index (Phi) is 4.56. The molecule has 3 aliphatic rings. The van der Waals surface area contributed by atoms with Gasteiger partial charge in [-0.3, -0.25) is 9.59 Å². The summed E-state index contributed by atoms with van der Waals surface area (Å²) in [7, 11) is 1.44. The van der Waals surface area contributed by atoms with E-state index in [1.54, 1.807) is 6.92 Å². The van der Waals surface area contributed by atoms with E-state index in [1.165, 1.54) is 12.0 Å². The molecule has 2 saturated carbocycles. The average molecular weight is 352 g/mol. The smallest absolute Gasteiger partial charge is 0.326 e. The van der Waals surface area contributed by atoms with Crippen LogP contribution >= 0.6 is 0 Å². The van der Waals surface area contributed by atoms with Crippen LogP contribution in [0.15, 0.2) is 0 Å². The highest BCUT2D eigenvalue weighted by molar-refractivity contribution is 5.92. The van der Waals surface area contributed by atoms with Crippen molar-refractivity contribution in [3.63, 3.8) is 0 Å². The number of nitrogens with one attached hydrogen (secondary N) is 1. The molecule has 0 spiro atoms. The van der Waals surface area contributed by atoms with Gasteiger partial charge in [-0.05, 0) is 30.6 Å². The number of rotatable bonds is 7. The lowest BCUT2D eigenvalue weighted by molar-refractivity contribution is -0.152. The number of methoxy groups -OCH3 is 1. The summed E-state index contributed by atoms with van der Waals surface area (Å²) in [5.41, 5.74) is -0.0281. The zero-order valence-electron chi connectivity index (χ0n) is 15.3. The Morgan fingerprint density at radius 2 is 1.96 bits per heavy atom. The van der Waals surface area contributed by atoms with E-state index >= 15 is 0 Å². The Morgan fingerprint density at radius 1 is 1.32 bits per heavy atom. The summed E-state index contributed by atoms with van der Waals surface area (Å²) in [5, 5.41) is 12.4. The highest BCUT2D eigenvalue weighted by Gasteiger charge is 2.69. The molecule has 1 aliphatic heterocycles. The average Bonchev–Trinajstić information content (AvgIpc) is 3.39. The second-order valence-electron chi connectivity index (χ2n) is 8.35. The van der Waals surface area contributed by atoms with Crippen molar-refractivity contribution in [2.45, 2.75) is 58.2 Å². The van der Waals surface area contributed by atoms with Gasteiger partial charge < -0.3 is 20.1 Å². The highest BCUT2D eigenvalue weighted by atomic mass is 16.5. The third kappa shape index (κ3) is 3.26. The predicted octanol–water partition coefficient (Wildman–Crippen LogP) is 0.874. The fourth-order valence-electron chi connectivity index (χ4n) is 4.30. The van der Waals surface area contributed by atoms with Gasteiger partial charge in [-0.25, -0.2) is 4.79 Å². The lowest BCUT2D eigenvalue weighted by Crippen LogP contribution is -2.55. The molecule has 0 radical (unpaired) electrons. The van der Waals surface area contributed by atoms with Crippen LogP contribution in [0, 0.1) is 23.2 Å². The molecule has 7 nitrogen and oxygen atoms in total. The minimum Gasteiger partial charge on any atom is -0.480 e. The number of carboxylic acids is 1. The molecule has 5 atom stereocenters. The summed E-state index contributed by atoms with van der Waals surface area (Å²) < 4.78 is 5.02. The van der Waals surface area contributed by atoms with Crippen molar-refractivity contribution in [2.75, 3.05) is 13.7 Å². The maximum Gasteiger partial charge on any atom is 0.326 e. The van der Waals surface area contributed by atoms with Crippen LogP contribution in [-0.4, -0.2) is 59.6 Å². The molecule has 0 aromatic carbocycles. The van der Waals surface area contributed by atoms with Gasteiger partial charge in [-0.1, -0.05) is 26.7 Å². The zero-order valence-corrected chi connectivity index (χ0v) is 15.3. The first-order valence-electron chi connectivity index (χ1n) is 9.05. The molecule has 1 saturated heterocycles. The lowest BCUT2D eigenvalue weighted by atomic mass is 9.99. The molecule has 0 bridgehead atoms. The highest BCUT2D eigenvalue weighted by Crippen LogP contribution is 2.64. The first-order chi connectivity index (χ1) is 11.7. The molecule has 2 aliphatic carbocycles. The van der Waals surface area contributed by atoms with Gasteiger partial charge in [0, 0.05) is 19.6 Å². The van der Waals surface area contributed by atoms with E-state index in [9.17, 15) is 19.5 Å². The molecule has 7 heteroatoms. The minimum atomic E-state index is -0.951. The maximum absolute atomic E-state index is 13.1. The second-order valence-corrected chi connectivity index (χ2v) is 8.35. The SMILES string of the molecule is CO[C@@H](C)C(=O)N[C@@H](CC1CC1)C(=O)N1C[C@H]2[C@@H]([C@H]1C(=O)O)C2(C)C. The van der Waals surface area contributed by atoms with Crippen LogP contribution < -0.4 is 5.32 Å². The Labute approximate surface area is 148 Å². The van der Waals surface area contributed by atoms with Crippen LogP contribution in [-0.2, 0) is 19.1 Å². The van der Waals surface area contributed by atoms with E-state index in [0.717, 1.165) is 12.8 Å². The largest absolute Gasteiger partial charge is 0.480 e. The molecule has 2 N–H and O–H groups in total. The van der Waals surface area contributed by atoms with Crippen molar-refractivity contribution in [3.8, 4) is 0 Å². The summed E-state index contributed by atoms with van der Waals surface area (Å²) in [4.78, 5) is 38.5. The Bertz CT molecular complexity index is 586. The maximum atomic E-state index is 13.1. The van der Waals surface area contributed by atoms with Crippen molar-refractivity contribution in [1.82, 2.24) is 10.2 Å². The molecule has 1 heterocycles. The molecule has 0 aromatic rings. The molecule has 3 fully saturated rings. The van der Waals surface area contributed by atoms with Gasteiger partial charge in [-0.15, -0.1) is 0 Å². The first kappa shape index (κ1) is 18.2. The molecule has 2 amide bonds. The monoisotopic (exact) mass is 352 g/mol. The standard InChI is InChI=1S/C18H28N2O5/c1-9(25-4)15(21)19-12(7-10-5-6-10)16(22)20-8-11-13(18(11,2)3)14(20)17(23)24/h9-14H,5-8H2,1-4H3,(H,19,21)(H,23,24)/t9-,11-,12-,13-,14-/m0/s1. The lowest BCUT2D eigenvalue weighted by Gasteiger charge is -2.32. The van der Waals surface area contributed by atoms with Crippen LogP contribution in [0.5, 0.6) is 0 Å². The van der Waals surface area contributed by atoms with Crippen LogP contribution in [0.4, 0.5) is 0 Å². The number of hydrogen-bond donors (Lipinski definition) is 2. The number of likely N-dealkylation sites (tertiary alicyclic amines) is 1. The van der Waals surface area contributed by atoms with Gasteiger partial charge in [0.25, 0.3) is 0 Å². The Balaban J connectivity index is 1.73. The summed E-state index contributed by atoms with van der Waals surface area (Å²) in [6, 6.07) is -1.45. The molecule has 3 rings (SSSR count). The quantitative estimate of drug-likeness (QED) is 0.709. The van der Waals surface area contributed by atoms with Gasteiger partial charge in [0.2, 0.25) is 11.8 Å². The number of ether oxygens (including phenoxy) is 1. The predicted molar refractivity (Wildman–Crippen MR) is 89.6 cm³/mol. The van der Waals surface area contributed by atoms with Crippen molar-refractivity contribution >= 4 is 17.8 Å². The second kappa shape index (κ2) is 6.27. The van der Waals surface area contributed by atoms with Gasteiger partial charge in [-0.2, -0.15) is 0 Å². The van der Waals surface area contributed by atoms with Crippen LogP contribution in [0.25, 0.3) is 0 Å². The number of aliphatic carboxylic acids is 1. The molecular formula is C18H28N2O5. The van der Waals surface area contributed by atoms with Crippen LogP contribution in [0.3, 0.4) is 0 Å². The number of carbonyl (C=O) groups is 3. The van der Waals surface area contributed by atoms with Crippen LogP contribution in [0.1, 0.15) is 40.0 Å². The van der Waals surface area contributed by atoms with E-state index in [0.29, 0.717) is 18.9 Å². The molecular weight excluding hydrogens is 324 g/mol. The molecule has 0 unspecified atom stereocenters. The number of fused-ring (bicyclic) bond motifs is 1. The summed E-state index contributed by atoms with van der Waals surface area (Å²) in [6.07, 6.45) is 2.04. The van der Waals surface area contributed by atoms with E-state index in [4.69, 9.17) is 4.74 Å². The summed E-state index contributed by atoms with van der Waals surface area (Å²) in [6.45, 7) is 6.21. The van der Waals surface area contributed by atoms with Gasteiger partial charge >= 0.3 is 5.97 Å². The number of piperidine rings is 1. The number of nitrogens with zero attached hydrogens (tertiary/aromatic N) is 1. The molecule has 140 valence electrons. The summed E-state index contributed by atoms with van der Waals surface area (Å²) in [5.74, 6) is -0.883. The number of amides is 2. The Morgan fingerprint density at radius 3 is 2.48 bits per heavy atom. The van der Waals surface area contributed by atoms with E-state index in [2.05, 4.69) is 19.2 Å². The van der Waals surface area contributed by atoms with Gasteiger partial charge in [0.05, 0.1) is 0 Å². The van der Waals surface area contributed by atoms with Crippen molar-refractivity contribution in [1.29, 1.82) is 0 Å². The zero-order chi connectivity index (χ0) is 18.5. The van der Waals surface area contributed by atoms with E-state index in [1.807, 2.05) is 0 Å². The number of carboxylic acid groups (broad SMARTS) is 1. The Hall–Kier alpha value is -1.63.